The molecule has 45 heavy (non-hydrogen) atoms. The van der Waals surface area contributed by atoms with E-state index in [0.717, 1.165) is 22.0 Å². The zero-order chi connectivity index (χ0) is 30.1. The number of hydrogen-bond donors (Lipinski definition) is 0. The Kier molecular flexibility index (Phi) is 5.75. The molecule has 2 nitrogen and oxygen atoms in total. The van der Waals surface area contributed by atoms with Crippen LogP contribution in [0.2, 0.25) is 0 Å². The van der Waals surface area contributed by atoms with Gasteiger partial charge in [0.2, 0.25) is 0 Å². The van der Waals surface area contributed by atoms with Crippen molar-refractivity contribution in [3.63, 3.8) is 0 Å². The summed E-state index contributed by atoms with van der Waals surface area (Å²) < 4.78 is 1.22. The van der Waals surface area contributed by atoms with Crippen LogP contribution in [0.4, 0.5) is 16.5 Å². The Labute approximate surface area is 266 Å². The molecule has 3 heteroatoms. The lowest BCUT2D eigenvalue weighted by Crippen LogP contribution is -2.16. The monoisotopic (exact) mass is 594 g/mol. The maximum Gasteiger partial charge on any atom is 0.195 e. The minimum atomic E-state index is -0.0877. The van der Waals surface area contributed by atoms with E-state index < -0.39 is 0 Å². The van der Waals surface area contributed by atoms with Gasteiger partial charge in [0.15, 0.2) is 5.13 Å². The van der Waals surface area contributed by atoms with Gasteiger partial charge in [0.1, 0.15) is 0 Å². The molecule has 1 aromatic heterocycles. The van der Waals surface area contributed by atoms with E-state index in [1.807, 2.05) is 0 Å². The standard InChI is InChI=1S/C42H30N2S/c1-42(2)37-15-9-8-14-34(37)35-23-21-31(26-38(35)42)44(30-19-16-28(17-20-30)27-10-4-3-5-11-27)41-43-39-25-24-33-32-13-7-6-12-29(32)18-22-36(33)40(39)45-41/h3-26H,1-2H3. The van der Waals surface area contributed by atoms with Crippen molar-refractivity contribution in [1.29, 1.82) is 0 Å². The highest BCUT2D eigenvalue weighted by atomic mass is 32.1. The maximum absolute atomic E-state index is 5.29. The SMILES string of the molecule is CC1(C)c2ccccc2-c2ccc(N(c3ccc(-c4ccccc4)cc3)c3nc4ccc5c6ccccc6ccc5c4s3)cc21. The topological polar surface area (TPSA) is 16.1 Å². The normalized spacial score (nSPS) is 13.3. The zero-order valence-corrected chi connectivity index (χ0v) is 26.0. The minimum Gasteiger partial charge on any atom is -0.286 e. The lowest BCUT2D eigenvalue weighted by molar-refractivity contribution is 0.660. The third-order valence-corrected chi connectivity index (χ3v) is 10.6. The largest absolute Gasteiger partial charge is 0.286 e. The first-order chi connectivity index (χ1) is 22.1. The third-order valence-electron chi connectivity index (χ3n) is 9.51. The van der Waals surface area contributed by atoms with E-state index in [9.17, 15) is 0 Å². The van der Waals surface area contributed by atoms with Gasteiger partial charge in [-0.05, 0) is 79.9 Å². The summed E-state index contributed by atoms with van der Waals surface area (Å²) in [6.07, 6.45) is 0. The van der Waals surface area contributed by atoms with Crippen LogP contribution in [0.5, 0.6) is 0 Å². The van der Waals surface area contributed by atoms with Crippen LogP contribution in [0.1, 0.15) is 25.0 Å². The average Bonchev–Trinajstić information content (AvgIpc) is 3.62. The van der Waals surface area contributed by atoms with E-state index in [2.05, 4.69) is 164 Å². The third kappa shape index (κ3) is 4.04. The minimum absolute atomic E-state index is 0.0877. The summed E-state index contributed by atoms with van der Waals surface area (Å²) in [5.74, 6) is 0. The molecule has 214 valence electrons. The first kappa shape index (κ1) is 26.2. The summed E-state index contributed by atoms with van der Waals surface area (Å²) in [4.78, 5) is 7.63. The predicted molar refractivity (Wildman–Crippen MR) is 192 cm³/mol. The molecule has 0 amide bonds. The molecule has 7 aromatic carbocycles. The summed E-state index contributed by atoms with van der Waals surface area (Å²) in [6.45, 7) is 4.68. The molecule has 1 aliphatic carbocycles. The number of benzene rings is 7. The number of hydrogen-bond acceptors (Lipinski definition) is 3. The van der Waals surface area contributed by atoms with Crippen LogP contribution in [-0.2, 0) is 5.41 Å². The highest BCUT2D eigenvalue weighted by Crippen LogP contribution is 2.51. The molecule has 0 fully saturated rings. The molecular formula is C42H30N2S. The average molecular weight is 595 g/mol. The van der Waals surface area contributed by atoms with Crippen molar-refractivity contribution in [1.82, 2.24) is 4.98 Å². The summed E-state index contributed by atoms with van der Waals surface area (Å²) >= 11 is 1.77. The van der Waals surface area contributed by atoms with Crippen LogP contribution < -0.4 is 4.90 Å². The van der Waals surface area contributed by atoms with Crippen LogP contribution >= 0.6 is 11.3 Å². The van der Waals surface area contributed by atoms with Crippen molar-refractivity contribution >= 4 is 59.6 Å². The molecule has 0 aliphatic heterocycles. The highest BCUT2D eigenvalue weighted by molar-refractivity contribution is 7.23. The lowest BCUT2D eigenvalue weighted by Gasteiger charge is -2.26. The lowest BCUT2D eigenvalue weighted by atomic mass is 9.82. The van der Waals surface area contributed by atoms with Gasteiger partial charge in [0.25, 0.3) is 0 Å². The van der Waals surface area contributed by atoms with Gasteiger partial charge < -0.3 is 0 Å². The molecule has 0 atom stereocenters. The van der Waals surface area contributed by atoms with Crippen LogP contribution in [-0.4, -0.2) is 4.98 Å². The molecule has 9 rings (SSSR count). The number of nitrogens with zero attached hydrogens (tertiary/aromatic N) is 2. The molecule has 8 aromatic rings. The Hall–Kier alpha value is -5.25. The van der Waals surface area contributed by atoms with Crippen molar-refractivity contribution in [2.45, 2.75) is 19.3 Å². The van der Waals surface area contributed by atoms with Crippen molar-refractivity contribution in [2.24, 2.45) is 0 Å². The molecule has 0 bridgehead atoms. The van der Waals surface area contributed by atoms with Gasteiger partial charge in [0, 0.05) is 22.2 Å². The van der Waals surface area contributed by atoms with Gasteiger partial charge in [-0.25, -0.2) is 4.98 Å². The van der Waals surface area contributed by atoms with E-state index >= 15 is 0 Å². The van der Waals surface area contributed by atoms with Gasteiger partial charge in [0.05, 0.1) is 10.2 Å². The second-order valence-electron chi connectivity index (χ2n) is 12.4. The predicted octanol–water partition coefficient (Wildman–Crippen LogP) is 12.0. The second-order valence-corrected chi connectivity index (χ2v) is 13.4. The first-order valence-corrected chi connectivity index (χ1v) is 16.3. The maximum atomic E-state index is 5.29. The van der Waals surface area contributed by atoms with Gasteiger partial charge in [-0.3, -0.25) is 4.90 Å². The van der Waals surface area contributed by atoms with Crippen molar-refractivity contribution < 1.29 is 0 Å². The number of rotatable bonds is 4. The molecule has 1 aliphatic rings. The van der Waals surface area contributed by atoms with E-state index in [0.29, 0.717) is 0 Å². The fraction of sp³-hybridized carbons (Fsp3) is 0.0714. The highest BCUT2D eigenvalue weighted by Gasteiger charge is 2.36. The van der Waals surface area contributed by atoms with Crippen molar-refractivity contribution in [2.75, 3.05) is 4.90 Å². The van der Waals surface area contributed by atoms with Crippen LogP contribution in [0.25, 0.3) is 54.0 Å². The van der Waals surface area contributed by atoms with E-state index in [4.69, 9.17) is 4.98 Å². The molecule has 0 saturated carbocycles. The van der Waals surface area contributed by atoms with Crippen molar-refractivity contribution in [3.05, 3.63) is 157 Å². The summed E-state index contributed by atoms with van der Waals surface area (Å²) in [5.41, 5.74) is 11.0. The summed E-state index contributed by atoms with van der Waals surface area (Å²) in [7, 11) is 0. The van der Waals surface area contributed by atoms with Crippen LogP contribution in [0.15, 0.2) is 146 Å². The Bertz CT molecular complexity index is 2400. The van der Waals surface area contributed by atoms with E-state index in [1.54, 1.807) is 11.3 Å². The summed E-state index contributed by atoms with van der Waals surface area (Å²) in [5, 5.41) is 6.02. The molecule has 0 N–H and O–H groups in total. The number of aromatic nitrogens is 1. The van der Waals surface area contributed by atoms with E-state index in [-0.39, 0.29) is 5.41 Å². The smallest absolute Gasteiger partial charge is 0.195 e. The fourth-order valence-electron chi connectivity index (χ4n) is 7.19. The fourth-order valence-corrected chi connectivity index (χ4v) is 8.33. The molecular weight excluding hydrogens is 565 g/mol. The Morgan fingerprint density at radius 1 is 0.533 bits per heavy atom. The molecule has 0 radical (unpaired) electrons. The molecule has 1 heterocycles. The summed E-state index contributed by atoms with van der Waals surface area (Å²) in [6, 6.07) is 52.8. The molecule has 0 spiro atoms. The molecule has 0 unspecified atom stereocenters. The van der Waals surface area contributed by atoms with Gasteiger partial charge in [-0.2, -0.15) is 0 Å². The molecule has 0 saturated heterocycles. The number of anilines is 3. The Morgan fingerprint density at radius 2 is 1.22 bits per heavy atom. The number of thiazole rings is 1. The van der Waals surface area contributed by atoms with Crippen LogP contribution in [0, 0.1) is 0 Å². The van der Waals surface area contributed by atoms with Crippen molar-refractivity contribution in [3.8, 4) is 22.3 Å². The van der Waals surface area contributed by atoms with E-state index in [1.165, 1.54) is 59.6 Å². The van der Waals surface area contributed by atoms with Gasteiger partial charge >= 0.3 is 0 Å². The Balaban J connectivity index is 1.24. The Morgan fingerprint density at radius 3 is 2.09 bits per heavy atom. The zero-order valence-electron chi connectivity index (χ0n) is 25.2. The second kappa shape index (κ2) is 9.88. The quantitative estimate of drug-likeness (QED) is 0.188. The van der Waals surface area contributed by atoms with Gasteiger partial charge in [-0.1, -0.05) is 140 Å². The number of fused-ring (bicyclic) bond motifs is 8. The van der Waals surface area contributed by atoms with Gasteiger partial charge in [-0.15, -0.1) is 0 Å². The first-order valence-electron chi connectivity index (χ1n) is 15.5. The van der Waals surface area contributed by atoms with Crippen LogP contribution in [0.3, 0.4) is 0 Å².